The van der Waals surface area contributed by atoms with Crippen LogP contribution in [-0.2, 0) is 0 Å². The molecule has 14 heavy (non-hydrogen) atoms. The summed E-state index contributed by atoms with van der Waals surface area (Å²) < 4.78 is 0. The number of hydrogen-bond acceptors (Lipinski definition) is 1. The van der Waals surface area contributed by atoms with Crippen LogP contribution in [0.15, 0.2) is 24.8 Å². The highest BCUT2D eigenvalue weighted by molar-refractivity contribution is 5.60. The Hall–Kier alpha value is -1.52. The Labute approximate surface area is 85.1 Å². The highest BCUT2D eigenvalue weighted by Crippen LogP contribution is 2.22. The molecule has 1 rings (SSSR count). The quantitative estimate of drug-likeness (QED) is 0.719. The van der Waals surface area contributed by atoms with Crippen molar-refractivity contribution in [3.63, 3.8) is 0 Å². The average Bonchev–Trinajstić information content (AvgIpc) is 2.26. The van der Waals surface area contributed by atoms with Gasteiger partial charge >= 0.3 is 0 Å². The Morgan fingerprint density at radius 1 is 1.64 bits per heavy atom. The standard InChI is InChI=1S/C13H14O/c1-4-11-7-6-8-13(10(3)9-14)12(11)5-2/h2,4,6-8,10,14H,1,9H2,3H3. The molecule has 1 nitrogen and oxygen atoms in total. The Bertz CT molecular complexity index is 371. The largest absolute Gasteiger partial charge is 0.396 e. The van der Waals surface area contributed by atoms with Gasteiger partial charge in [-0.2, -0.15) is 0 Å². The van der Waals surface area contributed by atoms with Gasteiger partial charge in [-0.05, 0) is 11.1 Å². The Morgan fingerprint density at radius 3 is 2.86 bits per heavy atom. The van der Waals surface area contributed by atoms with Crippen LogP contribution in [0.4, 0.5) is 0 Å². The summed E-state index contributed by atoms with van der Waals surface area (Å²) in [7, 11) is 0. The third-order valence-electron chi connectivity index (χ3n) is 2.30. The van der Waals surface area contributed by atoms with Crippen molar-refractivity contribution in [1.82, 2.24) is 0 Å². The number of benzene rings is 1. The third kappa shape index (κ3) is 1.86. The topological polar surface area (TPSA) is 20.2 Å². The summed E-state index contributed by atoms with van der Waals surface area (Å²) in [6.07, 6.45) is 7.18. The zero-order chi connectivity index (χ0) is 10.6. The normalized spacial score (nSPS) is 11.8. The second-order valence-corrected chi connectivity index (χ2v) is 3.24. The van der Waals surface area contributed by atoms with Crippen molar-refractivity contribution in [2.24, 2.45) is 0 Å². The summed E-state index contributed by atoms with van der Waals surface area (Å²) in [6.45, 7) is 5.76. The van der Waals surface area contributed by atoms with Gasteiger partial charge in [0.1, 0.15) is 0 Å². The van der Waals surface area contributed by atoms with Crippen LogP contribution in [0.2, 0.25) is 0 Å². The Kier molecular flexibility index (Phi) is 3.50. The molecule has 0 aliphatic rings. The fourth-order valence-corrected chi connectivity index (χ4v) is 1.43. The number of aliphatic hydroxyl groups is 1. The smallest absolute Gasteiger partial charge is 0.0497 e. The monoisotopic (exact) mass is 186 g/mol. The first-order valence-corrected chi connectivity index (χ1v) is 4.57. The molecule has 0 saturated carbocycles. The van der Waals surface area contributed by atoms with Crippen LogP contribution in [0.5, 0.6) is 0 Å². The van der Waals surface area contributed by atoms with Gasteiger partial charge < -0.3 is 5.11 Å². The molecule has 0 fully saturated rings. The van der Waals surface area contributed by atoms with Crippen LogP contribution < -0.4 is 0 Å². The van der Waals surface area contributed by atoms with Crippen molar-refractivity contribution in [2.45, 2.75) is 12.8 Å². The number of hydrogen-bond donors (Lipinski definition) is 1. The van der Waals surface area contributed by atoms with Crippen molar-refractivity contribution in [3.05, 3.63) is 41.5 Å². The lowest BCUT2D eigenvalue weighted by Gasteiger charge is -2.12. The fourth-order valence-electron chi connectivity index (χ4n) is 1.43. The van der Waals surface area contributed by atoms with Gasteiger partial charge in [-0.15, -0.1) is 6.42 Å². The van der Waals surface area contributed by atoms with E-state index in [0.717, 1.165) is 16.7 Å². The molecule has 0 aliphatic heterocycles. The molecule has 0 radical (unpaired) electrons. The molecule has 1 aromatic rings. The van der Waals surface area contributed by atoms with Gasteiger partial charge in [0.15, 0.2) is 0 Å². The third-order valence-corrected chi connectivity index (χ3v) is 2.30. The number of aliphatic hydroxyl groups excluding tert-OH is 1. The van der Waals surface area contributed by atoms with Crippen LogP contribution in [0.25, 0.3) is 6.08 Å². The van der Waals surface area contributed by atoms with E-state index in [1.807, 2.05) is 25.1 Å². The van der Waals surface area contributed by atoms with E-state index < -0.39 is 0 Å². The van der Waals surface area contributed by atoms with Crippen LogP contribution >= 0.6 is 0 Å². The molecule has 0 aliphatic carbocycles. The molecule has 0 heterocycles. The lowest BCUT2D eigenvalue weighted by molar-refractivity contribution is 0.273. The molecule has 0 amide bonds. The van der Waals surface area contributed by atoms with Gasteiger partial charge in [0.05, 0.1) is 0 Å². The molecule has 0 spiro atoms. The van der Waals surface area contributed by atoms with Crippen LogP contribution in [0.3, 0.4) is 0 Å². The summed E-state index contributed by atoms with van der Waals surface area (Å²) in [4.78, 5) is 0. The number of terminal acetylenes is 1. The van der Waals surface area contributed by atoms with Crippen molar-refractivity contribution in [1.29, 1.82) is 0 Å². The van der Waals surface area contributed by atoms with Crippen molar-refractivity contribution >= 4 is 6.08 Å². The Morgan fingerprint density at radius 2 is 2.36 bits per heavy atom. The molecule has 72 valence electrons. The maximum absolute atomic E-state index is 9.08. The van der Waals surface area contributed by atoms with Gasteiger partial charge in [0.2, 0.25) is 0 Å². The molecule has 1 N–H and O–H groups in total. The lowest BCUT2D eigenvalue weighted by Crippen LogP contribution is -2.02. The van der Waals surface area contributed by atoms with E-state index in [1.165, 1.54) is 0 Å². The van der Waals surface area contributed by atoms with E-state index in [1.54, 1.807) is 6.08 Å². The summed E-state index contributed by atoms with van der Waals surface area (Å²) >= 11 is 0. The van der Waals surface area contributed by atoms with E-state index >= 15 is 0 Å². The average molecular weight is 186 g/mol. The zero-order valence-corrected chi connectivity index (χ0v) is 8.33. The molecular weight excluding hydrogens is 172 g/mol. The molecule has 1 heteroatoms. The maximum atomic E-state index is 9.08. The lowest BCUT2D eigenvalue weighted by atomic mass is 9.93. The van der Waals surface area contributed by atoms with Gasteiger partial charge in [-0.1, -0.05) is 43.7 Å². The zero-order valence-electron chi connectivity index (χ0n) is 8.33. The van der Waals surface area contributed by atoms with E-state index in [-0.39, 0.29) is 12.5 Å². The summed E-state index contributed by atoms with van der Waals surface area (Å²) in [5.41, 5.74) is 2.79. The summed E-state index contributed by atoms with van der Waals surface area (Å²) in [5, 5.41) is 9.08. The van der Waals surface area contributed by atoms with Crippen LogP contribution in [0, 0.1) is 12.3 Å². The molecule has 1 atom stereocenters. The van der Waals surface area contributed by atoms with Gasteiger partial charge in [-0.3, -0.25) is 0 Å². The van der Waals surface area contributed by atoms with Gasteiger partial charge in [-0.25, -0.2) is 0 Å². The van der Waals surface area contributed by atoms with Crippen LogP contribution in [-0.4, -0.2) is 11.7 Å². The fraction of sp³-hybridized carbons (Fsp3) is 0.231. The summed E-state index contributed by atoms with van der Waals surface area (Å²) in [6, 6.07) is 5.80. The minimum Gasteiger partial charge on any atom is -0.396 e. The van der Waals surface area contributed by atoms with E-state index in [2.05, 4.69) is 12.5 Å². The first-order chi connectivity index (χ1) is 6.74. The predicted octanol–water partition coefficient (Wildman–Crippen LogP) is 2.41. The molecule has 0 bridgehead atoms. The van der Waals surface area contributed by atoms with Crippen LogP contribution in [0.1, 0.15) is 29.5 Å². The SMILES string of the molecule is C#Cc1c(C=C)cccc1C(C)CO. The van der Waals surface area contributed by atoms with E-state index in [9.17, 15) is 0 Å². The Balaban J connectivity index is 3.30. The van der Waals surface area contributed by atoms with E-state index in [0.29, 0.717) is 0 Å². The maximum Gasteiger partial charge on any atom is 0.0497 e. The van der Waals surface area contributed by atoms with Gasteiger partial charge in [0.25, 0.3) is 0 Å². The second-order valence-electron chi connectivity index (χ2n) is 3.24. The number of rotatable bonds is 3. The van der Waals surface area contributed by atoms with E-state index in [4.69, 9.17) is 11.5 Å². The molecule has 1 unspecified atom stereocenters. The minimum absolute atomic E-state index is 0.0703. The first-order valence-electron chi connectivity index (χ1n) is 4.57. The van der Waals surface area contributed by atoms with Crippen molar-refractivity contribution < 1.29 is 5.11 Å². The highest BCUT2D eigenvalue weighted by Gasteiger charge is 2.09. The van der Waals surface area contributed by atoms with Gasteiger partial charge in [0, 0.05) is 18.1 Å². The van der Waals surface area contributed by atoms with Crippen molar-refractivity contribution in [2.75, 3.05) is 6.61 Å². The molecule has 0 aromatic heterocycles. The predicted molar refractivity (Wildman–Crippen MR) is 60.0 cm³/mol. The molecule has 0 saturated heterocycles. The minimum atomic E-state index is 0.0703. The molecular formula is C13H14O. The molecule has 1 aromatic carbocycles. The highest BCUT2D eigenvalue weighted by atomic mass is 16.3. The summed E-state index contributed by atoms with van der Waals surface area (Å²) in [5.74, 6) is 2.72. The first kappa shape index (κ1) is 10.6. The second kappa shape index (κ2) is 4.64. The van der Waals surface area contributed by atoms with Crippen molar-refractivity contribution in [3.8, 4) is 12.3 Å².